The molecule has 0 N–H and O–H groups in total. The van der Waals surface area contributed by atoms with Crippen molar-refractivity contribution in [1.82, 2.24) is 0 Å². The average molecular weight is 695 g/mol. The summed E-state index contributed by atoms with van der Waals surface area (Å²) >= 11 is 0. The summed E-state index contributed by atoms with van der Waals surface area (Å²) in [7, 11) is -9.69. The van der Waals surface area contributed by atoms with E-state index in [1.165, 1.54) is 0 Å². The molecule has 6 nitrogen and oxygen atoms in total. The number of benzene rings is 6. The van der Waals surface area contributed by atoms with E-state index in [9.17, 15) is 0 Å². The molecular formula is C39H33ClO6P2. The van der Waals surface area contributed by atoms with Gasteiger partial charge in [0.25, 0.3) is 0 Å². The second-order valence-electron chi connectivity index (χ2n) is 10.6. The van der Waals surface area contributed by atoms with Crippen molar-refractivity contribution in [1.29, 1.82) is 0 Å². The minimum Gasteiger partial charge on any atom is -0.492 e. The quantitative estimate of drug-likeness (QED) is 0.170. The lowest BCUT2D eigenvalue weighted by Gasteiger charge is -2.35. The summed E-state index contributed by atoms with van der Waals surface area (Å²) in [6.07, 6.45) is 0. The maximum atomic E-state index is 16.7. The number of rotatable bonds is 9. The minimum atomic E-state index is -4.94. The molecule has 0 aliphatic heterocycles. The Bertz CT molecular complexity index is 1810. The van der Waals surface area contributed by atoms with E-state index in [2.05, 4.69) is 84.9 Å². The van der Waals surface area contributed by atoms with Gasteiger partial charge in [-0.1, -0.05) is 146 Å². The predicted octanol–water partition coefficient (Wildman–Crippen LogP) is 3.21. The van der Waals surface area contributed by atoms with E-state index in [1.807, 2.05) is 97.1 Å². The Balaban J connectivity index is 0.000000840. The zero-order valence-corrected chi connectivity index (χ0v) is 28.6. The highest BCUT2D eigenvalue weighted by Gasteiger charge is 2.59. The molecule has 9 heteroatoms. The Morgan fingerprint density at radius 3 is 1.06 bits per heavy atom. The second-order valence-corrected chi connectivity index (χ2v) is 17.7. The van der Waals surface area contributed by atoms with Gasteiger partial charge in [-0.15, -0.1) is 10.2 Å². The van der Waals surface area contributed by atoms with Gasteiger partial charge >= 0.3 is 0 Å². The molecule has 242 valence electrons. The maximum Gasteiger partial charge on any atom is 0.209 e. The molecule has 0 bridgehead atoms. The van der Waals surface area contributed by atoms with E-state index < -0.39 is 24.6 Å². The van der Waals surface area contributed by atoms with E-state index in [4.69, 9.17) is 23.4 Å². The molecule has 0 heterocycles. The van der Waals surface area contributed by atoms with Gasteiger partial charge in [-0.3, -0.25) is 0 Å². The lowest BCUT2D eigenvalue weighted by atomic mass is 10.2. The van der Waals surface area contributed by atoms with Crippen LogP contribution in [-0.4, -0.2) is 7.11 Å². The van der Waals surface area contributed by atoms with E-state index >= 15 is 4.57 Å². The third-order valence-electron chi connectivity index (χ3n) is 7.73. The molecule has 0 atom stereocenters. The number of halogens is 1. The first-order valence-electron chi connectivity index (χ1n) is 14.9. The molecule has 0 fully saturated rings. The monoisotopic (exact) mass is 694 g/mol. The zero-order chi connectivity index (χ0) is 34.0. The van der Waals surface area contributed by atoms with Crippen LogP contribution in [0, 0.1) is 10.2 Å². The van der Waals surface area contributed by atoms with Crippen LogP contribution in [0.1, 0.15) is 5.56 Å². The van der Waals surface area contributed by atoms with E-state index in [0.717, 1.165) is 37.1 Å². The summed E-state index contributed by atoms with van der Waals surface area (Å²) < 4.78 is 57.2. The molecular weight excluding hydrogens is 662 g/mol. The van der Waals surface area contributed by atoms with Gasteiger partial charge in [0, 0.05) is 16.2 Å². The first kappa shape index (κ1) is 35.0. The van der Waals surface area contributed by atoms with Crippen molar-refractivity contribution in [3.63, 3.8) is 0 Å². The van der Waals surface area contributed by atoms with Crippen molar-refractivity contribution < 1.29 is 38.2 Å². The molecule has 0 aliphatic carbocycles. The van der Waals surface area contributed by atoms with Gasteiger partial charge < -0.3 is 9.30 Å². The lowest BCUT2D eigenvalue weighted by Crippen LogP contribution is -2.68. The van der Waals surface area contributed by atoms with Crippen LogP contribution in [0.3, 0.4) is 0 Å². The first-order valence-corrected chi connectivity index (χ1v) is 19.7. The fraction of sp³-hybridized carbons (Fsp3) is 0.0256. The predicted molar refractivity (Wildman–Crippen MR) is 185 cm³/mol. The molecule has 0 aliphatic rings. The lowest BCUT2D eigenvalue weighted by molar-refractivity contribution is -2.00. The molecule has 0 aromatic heterocycles. The van der Waals surface area contributed by atoms with E-state index in [1.54, 1.807) is 7.11 Å². The molecule has 0 radical (unpaired) electrons. The van der Waals surface area contributed by atoms with Gasteiger partial charge in [-0.25, -0.2) is 18.6 Å². The van der Waals surface area contributed by atoms with Crippen LogP contribution in [0.4, 0.5) is 0 Å². The third kappa shape index (κ3) is 7.52. The molecule has 0 saturated carbocycles. The Morgan fingerprint density at radius 1 is 0.500 bits per heavy atom. The van der Waals surface area contributed by atoms with Crippen molar-refractivity contribution in [2.45, 2.75) is 0 Å². The maximum absolute atomic E-state index is 16.7. The van der Waals surface area contributed by atoms with Crippen LogP contribution in [0.15, 0.2) is 187 Å². The fourth-order valence-corrected chi connectivity index (χ4v) is 15.8. The Hall–Kier alpha value is -4.35. The minimum absolute atomic E-state index is 0.640. The zero-order valence-electron chi connectivity index (χ0n) is 26.0. The van der Waals surface area contributed by atoms with Crippen LogP contribution in [0.2, 0.25) is 0 Å². The summed E-state index contributed by atoms with van der Waals surface area (Å²) in [6.45, 7) is 0. The number of ether oxygens (including phenoxy) is 1. The Kier molecular flexibility index (Phi) is 11.4. The highest BCUT2D eigenvalue weighted by Crippen LogP contribution is 2.77. The van der Waals surface area contributed by atoms with Crippen molar-refractivity contribution in [3.05, 3.63) is 193 Å². The number of hydrogen-bond acceptors (Lipinski definition) is 6. The normalized spacial score (nSPS) is 12.3. The van der Waals surface area contributed by atoms with Crippen LogP contribution < -0.4 is 45.2 Å². The van der Waals surface area contributed by atoms with Gasteiger partial charge in [0.05, 0.1) is 7.11 Å². The summed E-state index contributed by atoms with van der Waals surface area (Å²) in [4.78, 5) is 0. The highest BCUT2D eigenvalue weighted by atomic mass is 35.7. The largest absolute Gasteiger partial charge is 0.492 e. The average Bonchev–Trinajstić information content (AvgIpc) is 3.13. The van der Waals surface area contributed by atoms with Crippen LogP contribution >= 0.6 is 14.4 Å². The molecule has 6 aromatic rings. The van der Waals surface area contributed by atoms with Crippen molar-refractivity contribution in [2.75, 3.05) is 7.11 Å². The molecule has 0 saturated heterocycles. The van der Waals surface area contributed by atoms with Crippen molar-refractivity contribution in [3.8, 4) is 0 Å². The molecule has 6 rings (SSSR count). The van der Waals surface area contributed by atoms with Gasteiger partial charge in [0.1, 0.15) is 15.9 Å². The van der Waals surface area contributed by atoms with Crippen LogP contribution in [0.25, 0.3) is 5.76 Å². The Morgan fingerprint density at radius 2 is 0.771 bits per heavy atom. The first-order chi connectivity index (χ1) is 23.2. The SMILES string of the molecule is CO/C(=C(/P(=O)(c1ccccc1)c1ccccc1)[P+](c1ccccc1)(c1ccccc1)c1ccccc1)c1ccccc1.[O-][Cl+3]([O-])([O-])[O-]. The van der Waals surface area contributed by atoms with Gasteiger partial charge in [-0.05, 0) is 36.4 Å². The van der Waals surface area contributed by atoms with Crippen LogP contribution in [-0.2, 0) is 9.30 Å². The molecule has 0 amide bonds. The van der Waals surface area contributed by atoms with Gasteiger partial charge in [-0.2, -0.15) is 0 Å². The molecule has 0 unspecified atom stereocenters. The highest BCUT2D eigenvalue weighted by molar-refractivity contribution is 8.10. The fourth-order valence-electron chi connectivity index (χ4n) is 5.87. The summed E-state index contributed by atoms with van der Waals surface area (Å²) in [5.74, 6) is 0.640. The third-order valence-corrected chi connectivity index (χ3v) is 16.4. The smallest absolute Gasteiger partial charge is 0.209 e. The summed E-state index contributed by atoms with van der Waals surface area (Å²) in [5.41, 5.74) is 0.888. The van der Waals surface area contributed by atoms with Crippen molar-refractivity contribution >= 4 is 46.7 Å². The second kappa shape index (κ2) is 15.7. The standard InChI is InChI=1S/C39H33O2P2.ClHO4/c1-41-38(32-20-8-2-9-21-32)39(43(40,36-28-16-6-17-29-36)37-30-18-7-19-31-37)42(33-22-10-3-11-23-33,34-24-12-4-13-25-34)35-26-14-5-15-27-35;2-1(3,4)5/h2-31H,1H3;(H,2,3,4,5)/q+1;/p-1/b39-38+;. The topological polar surface area (TPSA) is 119 Å². The molecule has 48 heavy (non-hydrogen) atoms. The summed E-state index contributed by atoms with van der Waals surface area (Å²) in [6, 6.07) is 61.7. The Labute approximate surface area is 283 Å². The molecule has 6 aromatic carbocycles. The van der Waals surface area contributed by atoms with E-state index in [-0.39, 0.29) is 0 Å². The number of methoxy groups -OCH3 is 1. The summed E-state index contributed by atoms with van der Waals surface area (Å²) in [5, 5.41) is 5.69. The van der Waals surface area contributed by atoms with Gasteiger partial charge in [0.15, 0.2) is 18.1 Å². The van der Waals surface area contributed by atoms with Crippen LogP contribution in [0.5, 0.6) is 0 Å². The van der Waals surface area contributed by atoms with Gasteiger partial charge in [0.2, 0.25) is 7.14 Å². The number of hydrogen-bond donors (Lipinski definition) is 0. The molecule has 0 spiro atoms. The van der Waals surface area contributed by atoms with E-state index in [0.29, 0.717) is 5.76 Å². The van der Waals surface area contributed by atoms with Crippen molar-refractivity contribution in [2.24, 2.45) is 0 Å².